The first-order valence-electron chi connectivity index (χ1n) is 7.71. The van der Waals surface area contributed by atoms with Gasteiger partial charge in [-0.15, -0.1) is 10.2 Å². The lowest BCUT2D eigenvalue weighted by molar-refractivity contribution is 0.0652. The van der Waals surface area contributed by atoms with E-state index in [4.69, 9.17) is 9.15 Å². The quantitative estimate of drug-likeness (QED) is 0.727. The smallest absolute Gasteiger partial charge is 0.290 e. The average Bonchev–Trinajstić information content (AvgIpc) is 3.31. The SMILES string of the molecule is CO[C@@H]1C[C@@H](c2nnc3cnccn23)N(C(=O)c2occc2C)C1. The summed E-state index contributed by atoms with van der Waals surface area (Å²) in [6, 6.07) is 1.55. The van der Waals surface area contributed by atoms with Gasteiger partial charge < -0.3 is 14.1 Å². The zero-order chi connectivity index (χ0) is 16.7. The lowest BCUT2D eigenvalue weighted by atomic mass is 10.1. The monoisotopic (exact) mass is 327 g/mol. The number of aromatic nitrogens is 4. The normalized spacial score (nSPS) is 20.8. The second kappa shape index (κ2) is 5.72. The third kappa shape index (κ3) is 2.26. The van der Waals surface area contributed by atoms with Crippen molar-refractivity contribution in [2.75, 3.05) is 13.7 Å². The molecule has 1 aliphatic rings. The highest BCUT2D eigenvalue weighted by atomic mass is 16.5. The highest BCUT2D eigenvalue weighted by molar-refractivity contribution is 5.93. The van der Waals surface area contributed by atoms with E-state index in [0.29, 0.717) is 30.2 Å². The Labute approximate surface area is 138 Å². The molecule has 0 bridgehead atoms. The molecule has 3 aromatic rings. The Kier molecular flexibility index (Phi) is 3.53. The number of hydrogen-bond donors (Lipinski definition) is 0. The van der Waals surface area contributed by atoms with Gasteiger partial charge in [-0.25, -0.2) is 0 Å². The summed E-state index contributed by atoms with van der Waals surface area (Å²) < 4.78 is 12.7. The fraction of sp³-hybridized carbons (Fsp3) is 0.375. The molecule has 1 aliphatic heterocycles. The van der Waals surface area contributed by atoms with E-state index in [1.807, 2.05) is 11.3 Å². The van der Waals surface area contributed by atoms with E-state index >= 15 is 0 Å². The number of nitrogens with zero attached hydrogens (tertiary/aromatic N) is 5. The highest BCUT2D eigenvalue weighted by Crippen LogP contribution is 2.34. The Bertz CT molecular complexity index is 887. The molecular weight excluding hydrogens is 310 g/mol. The molecule has 0 saturated carbocycles. The van der Waals surface area contributed by atoms with Gasteiger partial charge in [0.1, 0.15) is 0 Å². The van der Waals surface area contributed by atoms with Crippen LogP contribution in [0.5, 0.6) is 0 Å². The number of likely N-dealkylation sites (tertiary alicyclic amines) is 1. The van der Waals surface area contributed by atoms with E-state index in [2.05, 4.69) is 15.2 Å². The first-order chi connectivity index (χ1) is 11.7. The molecule has 0 radical (unpaired) electrons. The van der Waals surface area contributed by atoms with Gasteiger partial charge in [-0.05, 0) is 13.0 Å². The Hall–Kier alpha value is -2.74. The largest absolute Gasteiger partial charge is 0.459 e. The zero-order valence-electron chi connectivity index (χ0n) is 13.4. The molecule has 0 spiro atoms. The standard InChI is InChI=1S/C16H17N5O3/c1-10-3-6-24-14(10)16(22)21-9-11(23-2)7-12(21)15-19-18-13-8-17-4-5-20(13)15/h3-6,8,11-12H,7,9H2,1-2H3/t11-,12+/m1/s1. The van der Waals surface area contributed by atoms with Crippen molar-refractivity contribution >= 4 is 11.6 Å². The van der Waals surface area contributed by atoms with Crippen LogP contribution in [0.25, 0.3) is 5.65 Å². The Balaban J connectivity index is 1.74. The summed E-state index contributed by atoms with van der Waals surface area (Å²) in [5.41, 5.74) is 1.46. The van der Waals surface area contributed by atoms with Gasteiger partial charge in [0.2, 0.25) is 0 Å². The van der Waals surface area contributed by atoms with Gasteiger partial charge in [0.15, 0.2) is 17.2 Å². The van der Waals surface area contributed by atoms with Crippen molar-refractivity contribution in [1.82, 2.24) is 24.5 Å². The van der Waals surface area contributed by atoms with E-state index in [9.17, 15) is 4.79 Å². The van der Waals surface area contributed by atoms with Crippen LogP contribution in [0.3, 0.4) is 0 Å². The minimum absolute atomic E-state index is 0.0524. The molecular formula is C16H17N5O3. The van der Waals surface area contributed by atoms with E-state index in [-0.39, 0.29) is 18.1 Å². The number of carbonyl (C=O) groups excluding carboxylic acids is 1. The molecule has 124 valence electrons. The molecule has 8 nitrogen and oxygen atoms in total. The predicted molar refractivity (Wildman–Crippen MR) is 83.4 cm³/mol. The Morgan fingerprint density at radius 3 is 3.04 bits per heavy atom. The van der Waals surface area contributed by atoms with Gasteiger partial charge in [-0.1, -0.05) is 0 Å². The van der Waals surface area contributed by atoms with Gasteiger partial charge >= 0.3 is 0 Å². The van der Waals surface area contributed by atoms with Crippen molar-refractivity contribution in [3.8, 4) is 0 Å². The maximum Gasteiger partial charge on any atom is 0.290 e. The predicted octanol–water partition coefficient (Wildman–Crippen LogP) is 1.63. The fourth-order valence-corrected chi connectivity index (χ4v) is 3.16. The second-order valence-corrected chi connectivity index (χ2v) is 5.86. The van der Waals surface area contributed by atoms with E-state index in [1.54, 1.807) is 36.7 Å². The molecule has 3 aromatic heterocycles. The van der Waals surface area contributed by atoms with E-state index < -0.39 is 0 Å². The third-order valence-electron chi connectivity index (χ3n) is 4.45. The van der Waals surface area contributed by atoms with Gasteiger partial charge in [-0.3, -0.25) is 14.2 Å². The molecule has 8 heteroatoms. The van der Waals surface area contributed by atoms with E-state index in [1.165, 1.54) is 6.26 Å². The van der Waals surface area contributed by atoms with Crippen molar-refractivity contribution in [2.24, 2.45) is 0 Å². The minimum atomic E-state index is -0.232. The summed E-state index contributed by atoms with van der Waals surface area (Å²) in [5, 5.41) is 8.41. The van der Waals surface area contributed by atoms with Crippen LogP contribution in [0.1, 0.15) is 34.4 Å². The molecule has 0 aliphatic carbocycles. The van der Waals surface area contributed by atoms with Crippen molar-refractivity contribution in [2.45, 2.75) is 25.5 Å². The van der Waals surface area contributed by atoms with Crippen LogP contribution in [-0.2, 0) is 4.74 Å². The van der Waals surface area contributed by atoms with E-state index in [0.717, 1.165) is 5.56 Å². The zero-order valence-corrected chi connectivity index (χ0v) is 13.4. The average molecular weight is 327 g/mol. The first-order valence-corrected chi connectivity index (χ1v) is 7.71. The molecule has 0 aromatic carbocycles. The van der Waals surface area contributed by atoms with Gasteiger partial charge in [0, 0.05) is 38.0 Å². The third-order valence-corrected chi connectivity index (χ3v) is 4.45. The topological polar surface area (TPSA) is 85.8 Å². The number of ether oxygens (including phenoxy) is 1. The van der Waals surface area contributed by atoms with Crippen LogP contribution in [0.15, 0.2) is 35.3 Å². The van der Waals surface area contributed by atoms with Crippen LogP contribution >= 0.6 is 0 Å². The van der Waals surface area contributed by atoms with Crippen LogP contribution in [0.2, 0.25) is 0 Å². The Morgan fingerprint density at radius 2 is 2.29 bits per heavy atom. The molecule has 4 rings (SSSR count). The van der Waals surface area contributed by atoms with Crippen molar-refractivity contribution < 1.29 is 13.9 Å². The van der Waals surface area contributed by atoms with Crippen molar-refractivity contribution in [1.29, 1.82) is 0 Å². The number of fused-ring (bicyclic) bond motifs is 1. The summed E-state index contributed by atoms with van der Waals surface area (Å²) in [5.74, 6) is 0.893. The molecule has 1 amide bonds. The number of hydrogen-bond acceptors (Lipinski definition) is 6. The number of aryl methyl sites for hydroxylation is 1. The summed E-state index contributed by atoms with van der Waals surface area (Å²) in [4.78, 5) is 18.7. The van der Waals surface area contributed by atoms with Gasteiger partial charge in [-0.2, -0.15) is 0 Å². The first kappa shape index (κ1) is 14.8. The molecule has 0 N–H and O–H groups in total. The summed E-state index contributed by atoms with van der Waals surface area (Å²) in [6.07, 6.45) is 7.24. The Morgan fingerprint density at radius 1 is 1.42 bits per heavy atom. The van der Waals surface area contributed by atoms with Crippen LogP contribution < -0.4 is 0 Å². The number of methoxy groups -OCH3 is 1. The summed E-state index contributed by atoms with van der Waals surface area (Å²) in [6.45, 7) is 2.34. The number of furan rings is 1. The van der Waals surface area contributed by atoms with Crippen molar-refractivity contribution in [3.63, 3.8) is 0 Å². The lowest BCUT2D eigenvalue weighted by Gasteiger charge is -2.22. The van der Waals surface area contributed by atoms with Crippen LogP contribution in [0, 0.1) is 6.92 Å². The van der Waals surface area contributed by atoms with Gasteiger partial charge in [0.05, 0.1) is 24.6 Å². The summed E-state index contributed by atoms with van der Waals surface area (Å²) >= 11 is 0. The van der Waals surface area contributed by atoms with Crippen molar-refractivity contribution in [3.05, 3.63) is 48.1 Å². The molecule has 24 heavy (non-hydrogen) atoms. The number of carbonyl (C=O) groups is 1. The summed E-state index contributed by atoms with van der Waals surface area (Å²) in [7, 11) is 1.65. The van der Waals surface area contributed by atoms with Gasteiger partial charge in [0.25, 0.3) is 5.91 Å². The molecule has 1 saturated heterocycles. The second-order valence-electron chi connectivity index (χ2n) is 5.86. The van der Waals surface area contributed by atoms with Crippen LogP contribution in [-0.4, -0.2) is 50.1 Å². The number of rotatable bonds is 3. The lowest BCUT2D eigenvalue weighted by Crippen LogP contribution is -2.33. The van der Waals surface area contributed by atoms with Crippen LogP contribution in [0.4, 0.5) is 0 Å². The molecule has 1 fully saturated rings. The number of amides is 1. The molecule has 2 atom stereocenters. The fourth-order valence-electron chi connectivity index (χ4n) is 3.16. The minimum Gasteiger partial charge on any atom is -0.459 e. The molecule has 4 heterocycles. The maximum absolute atomic E-state index is 12.9. The molecule has 0 unspecified atom stereocenters. The highest BCUT2D eigenvalue weighted by Gasteiger charge is 2.40. The maximum atomic E-state index is 12.9.